The van der Waals surface area contributed by atoms with E-state index in [0.29, 0.717) is 5.69 Å². The first-order valence-electron chi connectivity index (χ1n) is 6.47. The molecule has 2 aromatic rings. The van der Waals surface area contributed by atoms with Gasteiger partial charge in [-0.2, -0.15) is 0 Å². The largest absolute Gasteiger partial charge is 0.283 e. The normalized spacial score (nSPS) is 12.0. The van der Waals surface area contributed by atoms with E-state index in [4.69, 9.17) is 0 Å². The van der Waals surface area contributed by atoms with E-state index in [-0.39, 0.29) is 0 Å². The summed E-state index contributed by atoms with van der Waals surface area (Å²) in [6.45, 7) is 5.43. The van der Waals surface area contributed by atoms with Gasteiger partial charge in [0.1, 0.15) is 0 Å². The molecule has 4 heteroatoms. The molecule has 0 amide bonds. The van der Waals surface area contributed by atoms with Gasteiger partial charge in [-0.3, -0.25) is 4.72 Å². The first kappa shape index (κ1) is 13.9. The Kier molecular flexibility index (Phi) is 3.80. The number of anilines is 1. The minimum Gasteiger partial charge on any atom is -0.283 e. The van der Waals surface area contributed by atoms with E-state index in [1.807, 2.05) is 30.3 Å². The van der Waals surface area contributed by atoms with E-state index in [0.717, 1.165) is 17.2 Å². The summed E-state index contributed by atoms with van der Waals surface area (Å²) in [5.41, 5.74) is 1.85. The minimum absolute atomic E-state index is 0.447. The summed E-state index contributed by atoms with van der Waals surface area (Å²) in [5, 5.41) is 1.55. The predicted molar refractivity (Wildman–Crippen MR) is 81.0 cm³/mol. The van der Waals surface area contributed by atoms with Crippen molar-refractivity contribution in [1.82, 2.24) is 0 Å². The van der Waals surface area contributed by atoms with Gasteiger partial charge in [0.05, 0.1) is 10.9 Å². The van der Waals surface area contributed by atoms with Gasteiger partial charge in [-0.15, -0.1) is 0 Å². The predicted octanol–water partition coefficient (Wildman–Crippen LogP) is 3.55. The number of benzene rings is 2. The van der Waals surface area contributed by atoms with Crippen LogP contribution < -0.4 is 4.72 Å². The third-order valence-corrected chi connectivity index (χ3v) is 4.97. The van der Waals surface area contributed by atoms with Crippen molar-refractivity contribution in [3.05, 3.63) is 42.0 Å². The van der Waals surface area contributed by atoms with Crippen molar-refractivity contribution in [1.29, 1.82) is 0 Å². The highest BCUT2D eigenvalue weighted by molar-refractivity contribution is 7.93. The van der Waals surface area contributed by atoms with E-state index in [1.165, 1.54) is 5.56 Å². The summed E-state index contributed by atoms with van der Waals surface area (Å²) in [4.78, 5) is 0. The molecule has 0 atom stereocenters. The molecule has 3 nitrogen and oxygen atoms in total. The quantitative estimate of drug-likeness (QED) is 0.929. The molecule has 0 radical (unpaired) electrons. The third kappa shape index (κ3) is 2.89. The summed E-state index contributed by atoms with van der Waals surface area (Å²) in [6, 6.07) is 11.8. The summed E-state index contributed by atoms with van der Waals surface area (Å²) in [6.07, 6.45) is 0.932. The van der Waals surface area contributed by atoms with E-state index in [1.54, 1.807) is 13.8 Å². The van der Waals surface area contributed by atoms with Crippen LogP contribution in [0.2, 0.25) is 0 Å². The molecule has 0 bridgehead atoms. The molecule has 0 saturated carbocycles. The maximum absolute atomic E-state index is 12.0. The zero-order valence-corrected chi connectivity index (χ0v) is 12.3. The van der Waals surface area contributed by atoms with Gasteiger partial charge in [-0.25, -0.2) is 8.42 Å². The summed E-state index contributed by atoms with van der Waals surface area (Å²) >= 11 is 0. The molecule has 0 aromatic heterocycles. The molecule has 0 heterocycles. The fourth-order valence-electron chi connectivity index (χ4n) is 1.90. The van der Waals surface area contributed by atoms with Crippen molar-refractivity contribution in [2.75, 3.05) is 4.72 Å². The Labute approximate surface area is 114 Å². The van der Waals surface area contributed by atoms with Crippen molar-refractivity contribution < 1.29 is 8.42 Å². The van der Waals surface area contributed by atoms with Crippen molar-refractivity contribution in [3.8, 4) is 0 Å². The number of fused-ring (bicyclic) bond motifs is 1. The highest BCUT2D eigenvalue weighted by Gasteiger charge is 2.16. The van der Waals surface area contributed by atoms with Crippen LogP contribution >= 0.6 is 0 Å². The third-order valence-electron chi connectivity index (χ3n) is 3.23. The number of hydrogen-bond donors (Lipinski definition) is 1. The van der Waals surface area contributed by atoms with E-state index < -0.39 is 15.3 Å². The zero-order chi connectivity index (χ0) is 14.0. The van der Waals surface area contributed by atoms with Crippen LogP contribution in [0.15, 0.2) is 36.4 Å². The maximum Gasteiger partial charge on any atom is 0.235 e. The highest BCUT2D eigenvalue weighted by atomic mass is 32.2. The lowest BCUT2D eigenvalue weighted by atomic mass is 10.0. The van der Waals surface area contributed by atoms with Gasteiger partial charge in [0, 0.05) is 5.39 Å². The second kappa shape index (κ2) is 5.21. The average Bonchev–Trinajstić information content (AvgIpc) is 2.38. The molecule has 0 saturated heterocycles. The second-order valence-corrected chi connectivity index (χ2v) is 7.15. The van der Waals surface area contributed by atoms with Gasteiger partial charge in [0.25, 0.3) is 0 Å². The van der Waals surface area contributed by atoms with Gasteiger partial charge >= 0.3 is 0 Å². The standard InChI is InChI=1S/C15H19NO2S/c1-4-12-8-9-13-6-5-7-15(14(13)10-12)16-19(17,18)11(2)3/h5-11,16H,4H2,1-3H3. The van der Waals surface area contributed by atoms with Crippen LogP contribution in [-0.2, 0) is 16.4 Å². The van der Waals surface area contributed by atoms with Gasteiger partial charge in [-0.05, 0) is 43.4 Å². The van der Waals surface area contributed by atoms with E-state index in [2.05, 4.69) is 17.7 Å². The molecule has 0 aliphatic heterocycles. The minimum atomic E-state index is -3.31. The molecule has 2 rings (SSSR count). The van der Waals surface area contributed by atoms with E-state index in [9.17, 15) is 8.42 Å². The van der Waals surface area contributed by atoms with Gasteiger partial charge in [0.15, 0.2) is 0 Å². The Balaban J connectivity index is 2.54. The maximum atomic E-state index is 12.0. The fraction of sp³-hybridized carbons (Fsp3) is 0.333. The zero-order valence-electron chi connectivity index (χ0n) is 11.5. The molecule has 19 heavy (non-hydrogen) atoms. The van der Waals surface area contributed by atoms with Crippen LogP contribution in [0.1, 0.15) is 26.3 Å². The Morgan fingerprint density at radius 3 is 2.53 bits per heavy atom. The van der Waals surface area contributed by atoms with Crippen molar-refractivity contribution in [2.45, 2.75) is 32.4 Å². The first-order chi connectivity index (χ1) is 8.94. The monoisotopic (exact) mass is 277 g/mol. The number of sulfonamides is 1. The van der Waals surface area contributed by atoms with Crippen molar-refractivity contribution in [2.24, 2.45) is 0 Å². The van der Waals surface area contributed by atoms with Gasteiger partial charge < -0.3 is 0 Å². The Morgan fingerprint density at radius 2 is 1.89 bits per heavy atom. The molecular weight excluding hydrogens is 258 g/mol. The lowest BCUT2D eigenvalue weighted by Gasteiger charge is -2.13. The summed E-state index contributed by atoms with van der Waals surface area (Å²) in [7, 11) is -3.31. The molecule has 0 unspecified atom stereocenters. The van der Waals surface area contributed by atoms with Crippen LogP contribution in [0.5, 0.6) is 0 Å². The molecule has 2 aromatic carbocycles. The summed E-state index contributed by atoms with van der Waals surface area (Å²) in [5.74, 6) is 0. The highest BCUT2D eigenvalue weighted by Crippen LogP contribution is 2.26. The fourth-order valence-corrected chi connectivity index (χ4v) is 2.62. The average molecular weight is 277 g/mol. The van der Waals surface area contributed by atoms with Crippen molar-refractivity contribution in [3.63, 3.8) is 0 Å². The molecule has 0 aliphatic rings. The summed E-state index contributed by atoms with van der Waals surface area (Å²) < 4.78 is 26.7. The van der Waals surface area contributed by atoms with Crippen LogP contribution in [0.3, 0.4) is 0 Å². The van der Waals surface area contributed by atoms with Crippen LogP contribution in [0, 0.1) is 0 Å². The smallest absolute Gasteiger partial charge is 0.235 e. The number of nitrogens with one attached hydrogen (secondary N) is 1. The first-order valence-corrected chi connectivity index (χ1v) is 8.02. The van der Waals surface area contributed by atoms with Gasteiger partial charge in [-0.1, -0.05) is 31.2 Å². The molecule has 0 fully saturated rings. The molecule has 102 valence electrons. The lowest BCUT2D eigenvalue weighted by molar-refractivity contribution is 0.593. The molecular formula is C15H19NO2S. The van der Waals surface area contributed by atoms with Crippen molar-refractivity contribution >= 4 is 26.5 Å². The number of rotatable bonds is 4. The number of hydrogen-bond acceptors (Lipinski definition) is 2. The van der Waals surface area contributed by atoms with Crippen LogP contribution in [0.25, 0.3) is 10.8 Å². The second-order valence-electron chi connectivity index (χ2n) is 4.91. The van der Waals surface area contributed by atoms with Crippen LogP contribution in [-0.4, -0.2) is 13.7 Å². The molecule has 1 N–H and O–H groups in total. The Morgan fingerprint density at radius 1 is 1.16 bits per heavy atom. The van der Waals surface area contributed by atoms with E-state index >= 15 is 0 Å². The Bertz CT molecular complexity index is 690. The topological polar surface area (TPSA) is 46.2 Å². The molecule has 0 aliphatic carbocycles. The molecule has 0 spiro atoms. The SMILES string of the molecule is CCc1ccc2cccc(NS(=O)(=O)C(C)C)c2c1. The lowest BCUT2D eigenvalue weighted by Crippen LogP contribution is -2.22. The van der Waals surface area contributed by atoms with Crippen LogP contribution in [0.4, 0.5) is 5.69 Å². The van der Waals surface area contributed by atoms with Gasteiger partial charge in [0.2, 0.25) is 10.0 Å². The number of aryl methyl sites for hydroxylation is 1. The Hall–Kier alpha value is -1.55.